The second-order valence-electron chi connectivity index (χ2n) is 9.51. The highest BCUT2D eigenvalue weighted by Crippen LogP contribution is 2.62. The van der Waals surface area contributed by atoms with Gasteiger partial charge in [-0.15, -0.1) is 0 Å². The second kappa shape index (κ2) is 8.34. The van der Waals surface area contributed by atoms with Crippen LogP contribution in [0.15, 0.2) is 12.2 Å². The summed E-state index contributed by atoms with van der Waals surface area (Å²) in [4.78, 5) is 22.4. The van der Waals surface area contributed by atoms with E-state index in [1.807, 2.05) is 6.92 Å². The fraction of sp³-hybridized carbons (Fsp3) is 0.818. The summed E-state index contributed by atoms with van der Waals surface area (Å²) >= 11 is 0. The standard InChI is InChI=1S/C22H36O5/c1-14(11-20(25)26)7-8-17-15(2)18(24)12-19-21(4,13-27-16(3)23)9-6-10-22(17,19)5/h14,17-19,24H,2,6-13H2,1,3-5H3,(H,25,26). The molecule has 0 aromatic carbocycles. The van der Waals surface area contributed by atoms with Gasteiger partial charge in [0.05, 0.1) is 12.7 Å². The highest BCUT2D eigenvalue weighted by atomic mass is 16.5. The van der Waals surface area contributed by atoms with Crippen LogP contribution < -0.4 is 0 Å². The molecule has 154 valence electrons. The van der Waals surface area contributed by atoms with Crippen LogP contribution in [0.2, 0.25) is 0 Å². The summed E-state index contributed by atoms with van der Waals surface area (Å²) in [6, 6.07) is 0. The number of hydrogen-bond acceptors (Lipinski definition) is 4. The smallest absolute Gasteiger partial charge is 0.303 e. The van der Waals surface area contributed by atoms with Crippen LogP contribution in [0.4, 0.5) is 0 Å². The minimum absolute atomic E-state index is 0.00753. The maximum Gasteiger partial charge on any atom is 0.303 e. The fourth-order valence-corrected chi connectivity index (χ4v) is 5.82. The van der Waals surface area contributed by atoms with Gasteiger partial charge in [-0.3, -0.25) is 9.59 Å². The summed E-state index contributed by atoms with van der Waals surface area (Å²) in [6.07, 6.45) is 5.07. The van der Waals surface area contributed by atoms with Crippen LogP contribution in [-0.4, -0.2) is 34.9 Å². The number of esters is 1. The molecule has 0 spiro atoms. The van der Waals surface area contributed by atoms with Crippen molar-refractivity contribution in [2.75, 3.05) is 6.61 Å². The van der Waals surface area contributed by atoms with Gasteiger partial charge in [-0.2, -0.15) is 0 Å². The number of aliphatic carboxylic acids is 1. The highest BCUT2D eigenvalue weighted by molar-refractivity contribution is 5.67. The van der Waals surface area contributed by atoms with Gasteiger partial charge in [0.15, 0.2) is 0 Å². The molecular formula is C22H36O5. The Morgan fingerprint density at radius 3 is 2.59 bits per heavy atom. The number of fused-ring (bicyclic) bond motifs is 1. The van der Waals surface area contributed by atoms with Gasteiger partial charge in [0.1, 0.15) is 0 Å². The van der Waals surface area contributed by atoms with Crippen molar-refractivity contribution in [1.29, 1.82) is 0 Å². The van der Waals surface area contributed by atoms with E-state index in [0.29, 0.717) is 13.0 Å². The molecule has 0 aromatic rings. The minimum atomic E-state index is -0.763. The van der Waals surface area contributed by atoms with Crippen molar-refractivity contribution in [3.05, 3.63) is 12.2 Å². The molecule has 2 saturated carbocycles. The van der Waals surface area contributed by atoms with Crippen LogP contribution in [0.5, 0.6) is 0 Å². The van der Waals surface area contributed by atoms with Gasteiger partial charge in [0.25, 0.3) is 0 Å². The molecule has 2 fully saturated rings. The zero-order chi connectivity index (χ0) is 20.4. The number of carbonyl (C=O) groups excluding carboxylic acids is 1. The molecule has 0 amide bonds. The number of ether oxygens (including phenoxy) is 1. The number of aliphatic hydroxyl groups excluding tert-OH is 1. The maximum absolute atomic E-state index is 11.4. The van der Waals surface area contributed by atoms with Gasteiger partial charge in [0.2, 0.25) is 0 Å². The topological polar surface area (TPSA) is 83.8 Å². The van der Waals surface area contributed by atoms with E-state index in [-0.39, 0.29) is 41.0 Å². The molecule has 6 unspecified atom stereocenters. The molecule has 0 heterocycles. The van der Waals surface area contributed by atoms with Crippen LogP contribution in [0.25, 0.3) is 0 Å². The van der Waals surface area contributed by atoms with Crippen molar-refractivity contribution in [3.63, 3.8) is 0 Å². The average molecular weight is 381 g/mol. The lowest BCUT2D eigenvalue weighted by molar-refractivity contribution is -0.155. The normalized spacial score (nSPS) is 37.4. The number of aliphatic hydroxyl groups is 1. The summed E-state index contributed by atoms with van der Waals surface area (Å²) < 4.78 is 5.41. The maximum atomic E-state index is 11.4. The summed E-state index contributed by atoms with van der Waals surface area (Å²) in [6.45, 7) is 12.5. The quantitative estimate of drug-likeness (QED) is 0.511. The number of carboxylic acid groups (broad SMARTS) is 1. The first-order valence-corrected chi connectivity index (χ1v) is 10.2. The predicted molar refractivity (Wildman–Crippen MR) is 104 cm³/mol. The zero-order valence-corrected chi connectivity index (χ0v) is 17.3. The number of hydrogen-bond donors (Lipinski definition) is 2. The Hall–Kier alpha value is -1.36. The van der Waals surface area contributed by atoms with Crippen LogP contribution in [-0.2, 0) is 14.3 Å². The Labute approximate surface area is 163 Å². The monoisotopic (exact) mass is 380 g/mol. The minimum Gasteiger partial charge on any atom is -0.481 e. The van der Waals surface area contributed by atoms with Gasteiger partial charge in [-0.25, -0.2) is 0 Å². The zero-order valence-electron chi connectivity index (χ0n) is 17.3. The summed E-state index contributed by atoms with van der Waals surface area (Å²) in [5.41, 5.74) is 0.741. The van der Waals surface area contributed by atoms with Crippen LogP contribution in [0.3, 0.4) is 0 Å². The molecule has 0 radical (unpaired) electrons. The summed E-state index contributed by atoms with van der Waals surface area (Å²) in [5, 5.41) is 19.7. The first kappa shape index (κ1) is 21.9. The van der Waals surface area contributed by atoms with Crippen LogP contribution in [0, 0.1) is 28.6 Å². The van der Waals surface area contributed by atoms with Crippen molar-refractivity contribution >= 4 is 11.9 Å². The molecule has 2 rings (SSSR count). The van der Waals surface area contributed by atoms with Crippen molar-refractivity contribution in [3.8, 4) is 0 Å². The Bertz CT molecular complexity index is 585. The molecule has 2 N–H and O–H groups in total. The van der Waals surface area contributed by atoms with Gasteiger partial charge >= 0.3 is 11.9 Å². The lowest BCUT2D eigenvalue weighted by Crippen LogP contribution is -2.55. The molecule has 0 aliphatic heterocycles. The first-order chi connectivity index (χ1) is 12.5. The molecule has 2 aliphatic rings. The molecule has 0 saturated heterocycles. The molecule has 2 aliphatic carbocycles. The average Bonchev–Trinajstić information content (AvgIpc) is 2.55. The van der Waals surface area contributed by atoms with Crippen LogP contribution >= 0.6 is 0 Å². The van der Waals surface area contributed by atoms with E-state index in [2.05, 4.69) is 20.4 Å². The van der Waals surface area contributed by atoms with E-state index in [9.17, 15) is 14.7 Å². The molecule has 27 heavy (non-hydrogen) atoms. The Morgan fingerprint density at radius 2 is 2.00 bits per heavy atom. The first-order valence-electron chi connectivity index (χ1n) is 10.2. The summed E-state index contributed by atoms with van der Waals surface area (Å²) in [5.74, 6) is -0.505. The van der Waals surface area contributed by atoms with Crippen LogP contribution in [0.1, 0.15) is 72.6 Å². The van der Waals surface area contributed by atoms with Gasteiger partial charge in [-0.1, -0.05) is 33.8 Å². The van der Waals surface area contributed by atoms with Crippen molar-refractivity contribution in [2.45, 2.75) is 78.7 Å². The molecule has 0 aromatic heterocycles. The third-order valence-corrected chi connectivity index (χ3v) is 7.31. The molecule has 5 heteroatoms. The van der Waals surface area contributed by atoms with Gasteiger partial charge < -0.3 is 14.9 Å². The second-order valence-corrected chi connectivity index (χ2v) is 9.51. The summed E-state index contributed by atoms with van der Waals surface area (Å²) in [7, 11) is 0. The van der Waals surface area contributed by atoms with E-state index in [0.717, 1.165) is 37.7 Å². The SMILES string of the molecule is C=C1C(O)CC2C(C)(COC(C)=O)CCCC2(C)C1CCC(C)CC(=O)O. The van der Waals surface area contributed by atoms with E-state index in [4.69, 9.17) is 9.84 Å². The van der Waals surface area contributed by atoms with E-state index in [1.54, 1.807) is 0 Å². The van der Waals surface area contributed by atoms with E-state index >= 15 is 0 Å². The lowest BCUT2D eigenvalue weighted by Gasteiger charge is -2.59. The number of carbonyl (C=O) groups is 2. The molecule has 0 bridgehead atoms. The van der Waals surface area contributed by atoms with Gasteiger partial charge in [-0.05, 0) is 60.8 Å². The predicted octanol–water partition coefficient (Wildman–Crippen LogP) is 4.19. The molecular weight excluding hydrogens is 344 g/mol. The molecule has 5 nitrogen and oxygen atoms in total. The highest BCUT2D eigenvalue weighted by Gasteiger charge is 2.56. The fourth-order valence-electron chi connectivity index (χ4n) is 5.82. The van der Waals surface area contributed by atoms with Gasteiger partial charge in [0, 0.05) is 18.8 Å². The lowest BCUT2D eigenvalue weighted by atomic mass is 9.46. The van der Waals surface area contributed by atoms with E-state index in [1.165, 1.54) is 6.92 Å². The third-order valence-electron chi connectivity index (χ3n) is 7.31. The van der Waals surface area contributed by atoms with Crippen molar-refractivity contribution < 1.29 is 24.5 Å². The van der Waals surface area contributed by atoms with Crippen molar-refractivity contribution in [2.24, 2.45) is 28.6 Å². The van der Waals surface area contributed by atoms with E-state index < -0.39 is 12.1 Å². The Kier molecular flexibility index (Phi) is 6.77. The van der Waals surface area contributed by atoms with Crippen molar-refractivity contribution in [1.82, 2.24) is 0 Å². The Balaban J connectivity index is 2.22. The third kappa shape index (κ3) is 4.74. The Morgan fingerprint density at radius 1 is 1.33 bits per heavy atom. The number of carboxylic acids is 1. The largest absolute Gasteiger partial charge is 0.481 e. The number of rotatable bonds is 7. The molecule has 6 atom stereocenters.